The highest BCUT2D eigenvalue weighted by Crippen LogP contribution is 2.19. The molecule has 0 saturated carbocycles. The predicted octanol–water partition coefficient (Wildman–Crippen LogP) is 2.47. The fraction of sp³-hybridized carbons (Fsp3) is 0.600. The van der Waals surface area contributed by atoms with Crippen molar-refractivity contribution in [3.8, 4) is 0 Å². The van der Waals surface area contributed by atoms with E-state index < -0.39 is 11.6 Å². The standard InChI is InChI=1S/C15H22F2N2O/c1-2-20-12-5-7-19(8-6-12)10-15(18)11-3-4-13(16)14(17)9-11/h3-4,9,12,15H,2,5-8,10,18H2,1H3. The first-order valence-electron chi connectivity index (χ1n) is 7.14. The first-order valence-corrected chi connectivity index (χ1v) is 7.14. The highest BCUT2D eigenvalue weighted by molar-refractivity contribution is 5.21. The molecule has 1 heterocycles. The van der Waals surface area contributed by atoms with Crippen LogP contribution in [-0.2, 0) is 4.74 Å². The number of ether oxygens (including phenoxy) is 1. The summed E-state index contributed by atoms with van der Waals surface area (Å²) >= 11 is 0. The summed E-state index contributed by atoms with van der Waals surface area (Å²) in [5, 5.41) is 0. The molecule has 0 bridgehead atoms. The van der Waals surface area contributed by atoms with Crippen LogP contribution >= 0.6 is 0 Å². The molecule has 1 saturated heterocycles. The van der Waals surface area contributed by atoms with Crippen LogP contribution in [0.3, 0.4) is 0 Å². The topological polar surface area (TPSA) is 38.5 Å². The van der Waals surface area contributed by atoms with Gasteiger partial charge in [-0.15, -0.1) is 0 Å². The third kappa shape index (κ3) is 3.98. The van der Waals surface area contributed by atoms with Crippen LogP contribution in [0.2, 0.25) is 0 Å². The maximum absolute atomic E-state index is 13.2. The summed E-state index contributed by atoms with van der Waals surface area (Å²) in [6.07, 6.45) is 2.34. The Kier molecular flexibility index (Phi) is 5.46. The van der Waals surface area contributed by atoms with Crippen molar-refractivity contribution in [1.29, 1.82) is 0 Å². The number of likely N-dealkylation sites (tertiary alicyclic amines) is 1. The number of nitrogens with zero attached hydrogens (tertiary/aromatic N) is 1. The molecule has 112 valence electrons. The lowest BCUT2D eigenvalue weighted by Gasteiger charge is -2.33. The van der Waals surface area contributed by atoms with Gasteiger partial charge in [-0.1, -0.05) is 6.07 Å². The van der Waals surface area contributed by atoms with Crippen molar-refractivity contribution in [1.82, 2.24) is 4.90 Å². The largest absolute Gasteiger partial charge is 0.378 e. The molecule has 0 aliphatic carbocycles. The summed E-state index contributed by atoms with van der Waals surface area (Å²) in [4.78, 5) is 2.25. The number of nitrogens with two attached hydrogens (primary N) is 1. The van der Waals surface area contributed by atoms with Gasteiger partial charge in [-0.25, -0.2) is 8.78 Å². The zero-order chi connectivity index (χ0) is 14.5. The van der Waals surface area contributed by atoms with E-state index in [-0.39, 0.29) is 6.04 Å². The maximum atomic E-state index is 13.2. The Morgan fingerprint density at radius 3 is 2.60 bits per heavy atom. The first kappa shape index (κ1) is 15.4. The predicted molar refractivity (Wildman–Crippen MR) is 74.4 cm³/mol. The summed E-state index contributed by atoms with van der Waals surface area (Å²) in [5.41, 5.74) is 6.71. The van der Waals surface area contributed by atoms with Crippen molar-refractivity contribution in [2.45, 2.75) is 31.9 Å². The second-order valence-electron chi connectivity index (χ2n) is 5.24. The SMILES string of the molecule is CCOC1CCN(CC(N)c2ccc(F)c(F)c2)CC1. The molecule has 5 heteroatoms. The number of benzene rings is 1. The third-order valence-electron chi connectivity index (χ3n) is 3.76. The first-order chi connectivity index (χ1) is 9.60. The second-order valence-corrected chi connectivity index (χ2v) is 5.24. The van der Waals surface area contributed by atoms with E-state index in [1.165, 1.54) is 6.07 Å². The molecule has 0 amide bonds. The van der Waals surface area contributed by atoms with Gasteiger partial charge < -0.3 is 15.4 Å². The lowest BCUT2D eigenvalue weighted by atomic mass is 10.0. The average molecular weight is 284 g/mol. The Hall–Kier alpha value is -1.04. The molecule has 0 radical (unpaired) electrons. The lowest BCUT2D eigenvalue weighted by molar-refractivity contribution is 0.0131. The van der Waals surface area contributed by atoms with Gasteiger partial charge in [0, 0.05) is 32.3 Å². The number of piperidine rings is 1. The Morgan fingerprint density at radius 1 is 1.30 bits per heavy atom. The minimum Gasteiger partial charge on any atom is -0.378 e. The van der Waals surface area contributed by atoms with Gasteiger partial charge in [-0.3, -0.25) is 0 Å². The van der Waals surface area contributed by atoms with Gasteiger partial charge in [0.05, 0.1) is 6.10 Å². The quantitative estimate of drug-likeness (QED) is 0.902. The monoisotopic (exact) mass is 284 g/mol. The van der Waals surface area contributed by atoms with Crippen LogP contribution in [0.4, 0.5) is 8.78 Å². The van der Waals surface area contributed by atoms with Gasteiger partial charge >= 0.3 is 0 Å². The van der Waals surface area contributed by atoms with Crippen LogP contribution in [0.5, 0.6) is 0 Å². The van der Waals surface area contributed by atoms with Crippen LogP contribution in [0.15, 0.2) is 18.2 Å². The number of hydrogen-bond acceptors (Lipinski definition) is 3. The molecule has 1 aliphatic rings. The summed E-state index contributed by atoms with van der Waals surface area (Å²) < 4.78 is 31.7. The van der Waals surface area contributed by atoms with E-state index in [1.807, 2.05) is 6.92 Å². The summed E-state index contributed by atoms with van der Waals surface area (Å²) in [6.45, 7) is 5.28. The molecule has 0 spiro atoms. The lowest BCUT2D eigenvalue weighted by Crippen LogP contribution is -2.40. The smallest absolute Gasteiger partial charge is 0.159 e. The Labute approximate surface area is 118 Å². The van der Waals surface area contributed by atoms with Gasteiger partial charge in [-0.2, -0.15) is 0 Å². The van der Waals surface area contributed by atoms with E-state index in [0.717, 1.165) is 38.6 Å². The molecule has 0 aromatic heterocycles. The van der Waals surface area contributed by atoms with Gasteiger partial charge in [0.25, 0.3) is 0 Å². The van der Waals surface area contributed by atoms with Crippen molar-refractivity contribution in [2.24, 2.45) is 5.73 Å². The van der Waals surface area contributed by atoms with Crippen molar-refractivity contribution < 1.29 is 13.5 Å². The Bertz CT molecular complexity index is 434. The highest BCUT2D eigenvalue weighted by Gasteiger charge is 2.21. The molecule has 1 aromatic carbocycles. The molecular weight excluding hydrogens is 262 g/mol. The number of hydrogen-bond donors (Lipinski definition) is 1. The molecular formula is C15H22F2N2O. The van der Waals surface area contributed by atoms with Crippen LogP contribution < -0.4 is 5.73 Å². The van der Waals surface area contributed by atoms with E-state index in [9.17, 15) is 8.78 Å². The van der Waals surface area contributed by atoms with E-state index in [2.05, 4.69) is 4.90 Å². The second kappa shape index (κ2) is 7.11. The van der Waals surface area contributed by atoms with Crippen molar-refractivity contribution in [3.63, 3.8) is 0 Å². The van der Waals surface area contributed by atoms with Crippen molar-refractivity contribution in [2.75, 3.05) is 26.2 Å². The Balaban J connectivity index is 1.85. The van der Waals surface area contributed by atoms with Crippen LogP contribution in [0.1, 0.15) is 31.4 Å². The normalized spacial score (nSPS) is 19.2. The van der Waals surface area contributed by atoms with E-state index >= 15 is 0 Å². The number of rotatable bonds is 5. The molecule has 2 rings (SSSR count). The summed E-state index contributed by atoms with van der Waals surface area (Å²) in [5.74, 6) is -1.67. The van der Waals surface area contributed by atoms with Crippen LogP contribution in [0.25, 0.3) is 0 Å². The fourth-order valence-corrected chi connectivity index (χ4v) is 2.62. The minimum atomic E-state index is -0.840. The van der Waals surface area contributed by atoms with Gasteiger partial charge in [0.2, 0.25) is 0 Å². The maximum Gasteiger partial charge on any atom is 0.159 e. The molecule has 1 fully saturated rings. The van der Waals surface area contributed by atoms with Gasteiger partial charge in [0.1, 0.15) is 0 Å². The zero-order valence-corrected chi connectivity index (χ0v) is 11.8. The van der Waals surface area contributed by atoms with Crippen molar-refractivity contribution >= 4 is 0 Å². The minimum absolute atomic E-state index is 0.297. The van der Waals surface area contributed by atoms with E-state index in [4.69, 9.17) is 10.5 Å². The highest BCUT2D eigenvalue weighted by atomic mass is 19.2. The molecule has 1 atom stereocenters. The molecule has 1 aliphatic heterocycles. The van der Waals surface area contributed by atoms with Crippen molar-refractivity contribution in [3.05, 3.63) is 35.4 Å². The summed E-state index contributed by atoms with van der Waals surface area (Å²) in [7, 11) is 0. The molecule has 1 aromatic rings. The molecule has 3 nitrogen and oxygen atoms in total. The average Bonchev–Trinajstić information content (AvgIpc) is 2.44. The van der Waals surface area contributed by atoms with Gasteiger partial charge in [-0.05, 0) is 37.5 Å². The van der Waals surface area contributed by atoms with Gasteiger partial charge in [0.15, 0.2) is 11.6 Å². The zero-order valence-electron chi connectivity index (χ0n) is 11.8. The van der Waals surface area contributed by atoms with Crippen LogP contribution in [-0.4, -0.2) is 37.2 Å². The molecule has 1 unspecified atom stereocenters. The molecule has 20 heavy (non-hydrogen) atoms. The Morgan fingerprint density at radius 2 is 2.00 bits per heavy atom. The number of halogens is 2. The van der Waals surface area contributed by atoms with E-state index in [0.29, 0.717) is 18.2 Å². The van der Waals surface area contributed by atoms with Crippen LogP contribution in [0, 0.1) is 11.6 Å². The fourth-order valence-electron chi connectivity index (χ4n) is 2.62. The van der Waals surface area contributed by atoms with E-state index in [1.54, 1.807) is 6.07 Å². The summed E-state index contributed by atoms with van der Waals surface area (Å²) in [6, 6.07) is 3.57. The molecule has 2 N–H and O–H groups in total. The third-order valence-corrected chi connectivity index (χ3v) is 3.76.